The summed E-state index contributed by atoms with van der Waals surface area (Å²) in [6.07, 6.45) is 0.783. The Balaban J connectivity index is 2.30. The van der Waals surface area contributed by atoms with E-state index in [4.69, 9.17) is 0 Å². The number of aromatic nitrogens is 1. The van der Waals surface area contributed by atoms with Crippen molar-refractivity contribution >= 4 is 33.3 Å². The van der Waals surface area contributed by atoms with Gasteiger partial charge in [0.05, 0.1) is 0 Å². The molecule has 0 aliphatic carbocycles. The van der Waals surface area contributed by atoms with Crippen LogP contribution in [0.5, 0.6) is 0 Å². The van der Waals surface area contributed by atoms with Crippen LogP contribution in [-0.4, -0.2) is 17.9 Å². The molecular weight excluding hydrogens is 330 g/mol. The topological polar surface area (TPSA) is 54.0 Å². The van der Waals surface area contributed by atoms with E-state index < -0.39 is 0 Å². The molecule has 1 aromatic carbocycles. The quantitative estimate of drug-likeness (QED) is 0.878. The van der Waals surface area contributed by atoms with Crippen LogP contribution in [0.3, 0.4) is 0 Å². The highest BCUT2D eigenvalue weighted by Crippen LogP contribution is 2.24. The average molecular weight is 348 g/mol. The Bertz CT molecular complexity index is 648. The van der Waals surface area contributed by atoms with Gasteiger partial charge in [0.15, 0.2) is 0 Å². The van der Waals surface area contributed by atoms with Gasteiger partial charge < -0.3 is 10.6 Å². The molecule has 5 heteroatoms. The predicted octanol–water partition coefficient (Wildman–Crippen LogP) is 4.01. The Morgan fingerprint density at radius 1 is 1.33 bits per heavy atom. The van der Waals surface area contributed by atoms with Gasteiger partial charge in [-0.1, -0.05) is 28.9 Å². The van der Waals surface area contributed by atoms with Crippen molar-refractivity contribution in [1.29, 1.82) is 0 Å². The maximum absolute atomic E-state index is 12.4. The molecule has 0 unspecified atom stereocenters. The van der Waals surface area contributed by atoms with Crippen molar-refractivity contribution in [3.63, 3.8) is 0 Å². The summed E-state index contributed by atoms with van der Waals surface area (Å²) < 4.78 is 0.972. The molecule has 2 rings (SSSR count). The summed E-state index contributed by atoms with van der Waals surface area (Å²) in [5.41, 5.74) is 3.29. The standard InChI is InChI=1S/C16H18BrN3O/c1-4-12-8-11(9-15(18-3)19-12)16(21)20-14-7-5-6-13(17)10(14)2/h5-9H,4H2,1-3H3,(H,18,19)(H,20,21). The van der Waals surface area contributed by atoms with Crippen LogP contribution in [0, 0.1) is 6.92 Å². The Kier molecular flexibility index (Phi) is 4.96. The van der Waals surface area contributed by atoms with Crippen molar-refractivity contribution in [2.75, 3.05) is 17.7 Å². The average Bonchev–Trinajstić information content (AvgIpc) is 2.51. The van der Waals surface area contributed by atoms with Crippen LogP contribution < -0.4 is 10.6 Å². The number of anilines is 2. The molecule has 1 amide bonds. The number of carbonyl (C=O) groups is 1. The van der Waals surface area contributed by atoms with Crippen molar-refractivity contribution in [2.24, 2.45) is 0 Å². The second-order valence-electron chi connectivity index (χ2n) is 4.70. The molecule has 0 saturated heterocycles. The molecule has 0 bridgehead atoms. The third-order valence-electron chi connectivity index (χ3n) is 3.27. The number of carbonyl (C=O) groups excluding carboxylic acids is 1. The molecule has 1 aromatic heterocycles. The number of hydrogen-bond donors (Lipinski definition) is 2. The minimum absolute atomic E-state index is 0.134. The van der Waals surface area contributed by atoms with Crippen LogP contribution in [0.15, 0.2) is 34.8 Å². The largest absolute Gasteiger partial charge is 0.373 e. The van der Waals surface area contributed by atoms with Crippen LogP contribution in [0.2, 0.25) is 0 Å². The molecule has 0 aliphatic rings. The van der Waals surface area contributed by atoms with Gasteiger partial charge in [-0.15, -0.1) is 0 Å². The van der Waals surface area contributed by atoms with E-state index in [1.165, 1.54) is 0 Å². The van der Waals surface area contributed by atoms with E-state index >= 15 is 0 Å². The highest BCUT2D eigenvalue weighted by molar-refractivity contribution is 9.10. The zero-order valence-corrected chi connectivity index (χ0v) is 13.9. The number of pyridine rings is 1. The zero-order chi connectivity index (χ0) is 15.4. The molecule has 21 heavy (non-hydrogen) atoms. The van der Waals surface area contributed by atoms with E-state index in [2.05, 4.69) is 31.5 Å². The predicted molar refractivity (Wildman–Crippen MR) is 90.0 cm³/mol. The Morgan fingerprint density at radius 2 is 2.10 bits per heavy atom. The molecule has 0 saturated carbocycles. The third-order valence-corrected chi connectivity index (χ3v) is 4.13. The third kappa shape index (κ3) is 3.61. The lowest BCUT2D eigenvalue weighted by atomic mass is 10.1. The first-order valence-electron chi connectivity index (χ1n) is 6.80. The highest BCUT2D eigenvalue weighted by Gasteiger charge is 2.11. The molecule has 1 heterocycles. The summed E-state index contributed by atoms with van der Waals surface area (Å²) in [5, 5.41) is 5.93. The SMILES string of the molecule is CCc1cc(C(=O)Nc2cccc(Br)c2C)cc(NC)n1. The summed E-state index contributed by atoms with van der Waals surface area (Å²) in [6.45, 7) is 3.98. The van der Waals surface area contributed by atoms with Gasteiger partial charge in [-0.3, -0.25) is 4.79 Å². The number of amides is 1. The summed E-state index contributed by atoms with van der Waals surface area (Å²) in [5.74, 6) is 0.565. The van der Waals surface area contributed by atoms with E-state index in [1.54, 1.807) is 13.1 Å². The maximum Gasteiger partial charge on any atom is 0.255 e. The first-order chi connectivity index (χ1) is 10.0. The summed E-state index contributed by atoms with van der Waals surface area (Å²) in [6, 6.07) is 9.31. The molecule has 0 aliphatic heterocycles. The minimum atomic E-state index is -0.134. The van der Waals surface area contributed by atoms with E-state index in [-0.39, 0.29) is 5.91 Å². The first kappa shape index (κ1) is 15.5. The number of rotatable bonds is 4. The Hall–Kier alpha value is -1.88. The van der Waals surface area contributed by atoms with Crippen LogP contribution in [0.25, 0.3) is 0 Å². The lowest BCUT2D eigenvalue weighted by Gasteiger charge is -2.11. The van der Waals surface area contributed by atoms with E-state index in [0.29, 0.717) is 11.4 Å². The van der Waals surface area contributed by atoms with Gasteiger partial charge in [-0.2, -0.15) is 0 Å². The van der Waals surface area contributed by atoms with Crippen LogP contribution >= 0.6 is 15.9 Å². The van der Waals surface area contributed by atoms with Crippen LogP contribution in [-0.2, 0) is 6.42 Å². The number of benzene rings is 1. The Labute approximate surface area is 133 Å². The molecule has 0 fully saturated rings. The fraction of sp³-hybridized carbons (Fsp3) is 0.250. The van der Waals surface area contributed by atoms with Gasteiger partial charge in [0, 0.05) is 28.5 Å². The second kappa shape index (κ2) is 6.72. The van der Waals surface area contributed by atoms with Gasteiger partial charge in [0.2, 0.25) is 0 Å². The molecule has 0 radical (unpaired) electrons. The van der Waals surface area contributed by atoms with Crippen molar-refractivity contribution < 1.29 is 4.79 Å². The van der Waals surface area contributed by atoms with Crippen molar-refractivity contribution in [3.8, 4) is 0 Å². The monoisotopic (exact) mass is 347 g/mol. The van der Waals surface area contributed by atoms with E-state index in [0.717, 1.165) is 27.8 Å². The maximum atomic E-state index is 12.4. The number of nitrogens with one attached hydrogen (secondary N) is 2. The van der Waals surface area contributed by atoms with Crippen molar-refractivity contribution in [2.45, 2.75) is 20.3 Å². The normalized spacial score (nSPS) is 10.3. The molecule has 0 atom stereocenters. The molecule has 0 spiro atoms. The fourth-order valence-corrected chi connectivity index (χ4v) is 2.33. The number of hydrogen-bond acceptors (Lipinski definition) is 3. The summed E-state index contributed by atoms with van der Waals surface area (Å²) >= 11 is 3.47. The van der Waals surface area contributed by atoms with Gasteiger partial charge in [-0.05, 0) is 43.2 Å². The van der Waals surface area contributed by atoms with Gasteiger partial charge in [0.25, 0.3) is 5.91 Å². The Morgan fingerprint density at radius 3 is 2.76 bits per heavy atom. The molecule has 110 valence electrons. The first-order valence-corrected chi connectivity index (χ1v) is 7.59. The van der Waals surface area contributed by atoms with E-state index in [9.17, 15) is 4.79 Å². The number of aryl methyl sites for hydroxylation is 1. The van der Waals surface area contributed by atoms with Crippen LogP contribution in [0.4, 0.5) is 11.5 Å². The molecule has 2 aromatic rings. The molecule has 2 N–H and O–H groups in total. The van der Waals surface area contributed by atoms with Gasteiger partial charge in [0.1, 0.15) is 5.82 Å². The van der Waals surface area contributed by atoms with Crippen LogP contribution in [0.1, 0.15) is 28.5 Å². The lowest BCUT2D eigenvalue weighted by Crippen LogP contribution is -2.14. The highest BCUT2D eigenvalue weighted by atomic mass is 79.9. The van der Waals surface area contributed by atoms with Gasteiger partial charge >= 0.3 is 0 Å². The number of halogens is 1. The number of nitrogens with zero attached hydrogens (tertiary/aromatic N) is 1. The summed E-state index contributed by atoms with van der Waals surface area (Å²) in [7, 11) is 1.79. The second-order valence-corrected chi connectivity index (χ2v) is 5.56. The fourth-order valence-electron chi connectivity index (χ4n) is 1.97. The molecular formula is C16H18BrN3O. The van der Waals surface area contributed by atoms with Gasteiger partial charge in [-0.25, -0.2) is 4.98 Å². The smallest absolute Gasteiger partial charge is 0.255 e. The molecule has 4 nitrogen and oxygen atoms in total. The minimum Gasteiger partial charge on any atom is -0.373 e. The lowest BCUT2D eigenvalue weighted by molar-refractivity contribution is 0.102. The van der Waals surface area contributed by atoms with Crippen molar-refractivity contribution in [3.05, 3.63) is 51.6 Å². The van der Waals surface area contributed by atoms with E-state index in [1.807, 2.05) is 38.1 Å². The zero-order valence-electron chi connectivity index (χ0n) is 12.3. The van der Waals surface area contributed by atoms with Crippen molar-refractivity contribution in [1.82, 2.24) is 4.98 Å². The summed E-state index contributed by atoms with van der Waals surface area (Å²) in [4.78, 5) is 16.8.